The molecule has 0 aliphatic rings. The molecule has 0 rings (SSSR count). The number of rotatable bonds is 11. The van der Waals surface area contributed by atoms with E-state index >= 15 is 0 Å². The molecule has 20 heavy (non-hydrogen) atoms. The quantitative estimate of drug-likeness (QED) is 0.156. The molecule has 0 saturated carbocycles. The summed E-state index contributed by atoms with van der Waals surface area (Å²) in [6, 6.07) is 0. The average molecular weight is 305 g/mol. The molecule has 0 spiro atoms. The molecule has 0 aromatic heterocycles. The topological polar surface area (TPSA) is 73.9 Å². The van der Waals surface area contributed by atoms with Gasteiger partial charge in [0.1, 0.15) is 0 Å². The van der Waals surface area contributed by atoms with Crippen LogP contribution >= 0.6 is 11.8 Å². The zero-order chi connectivity index (χ0) is 15.4. The standard InChI is InChI=1S/C13H23NO5S/c1-5-11(15)14-10-19-18-7-8-20-9-13(3,4)12(16)17-6-2/h5H,1,6-10H2,2-4H3,(H,14,15). The van der Waals surface area contributed by atoms with E-state index in [9.17, 15) is 9.59 Å². The van der Waals surface area contributed by atoms with Crippen molar-refractivity contribution in [1.29, 1.82) is 0 Å². The molecule has 1 amide bonds. The van der Waals surface area contributed by atoms with Crippen LogP contribution in [0.2, 0.25) is 0 Å². The Balaban J connectivity index is 3.54. The molecule has 1 N–H and O–H groups in total. The number of carbonyl (C=O) groups excluding carboxylic acids is 2. The van der Waals surface area contributed by atoms with Crippen LogP contribution in [0.4, 0.5) is 0 Å². The first-order valence-electron chi connectivity index (χ1n) is 6.33. The van der Waals surface area contributed by atoms with Crippen molar-refractivity contribution < 1.29 is 24.1 Å². The smallest absolute Gasteiger partial charge is 0.312 e. The zero-order valence-electron chi connectivity index (χ0n) is 12.3. The Hall–Kier alpha value is -1.05. The van der Waals surface area contributed by atoms with Crippen LogP contribution in [-0.2, 0) is 24.1 Å². The first kappa shape index (κ1) is 18.9. The Labute approximate surface area is 124 Å². The SMILES string of the molecule is C=CC(=O)NCOOCCSCC(C)(C)C(=O)OCC. The van der Waals surface area contributed by atoms with Crippen molar-refractivity contribution in [2.45, 2.75) is 20.8 Å². The zero-order valence-corrected chi connectivity index (χ0v) is 13.1. The summed E-state index contributed by atoms with van der Waals surface area (Å²) in [5.41, 5.74) is -0.514. The lowest BCUT2D eigenvalue weighted by atomic mass is 9.97. The van der Waals surface area contributed by atoms with E-state index in [0.717, 1.165) is 6.08 Å². The maximum Gasteiger partial charge on any atom is 0.312 e. The van der Waals surface area contributed by atoms with Crippen LogP contribution in [0.15, 0.2) is 12.7 Å². The van der Waals surface area contributed by atoms with Gasteiger partial charge in [-0.15, -0.1) is 0 Å². The van der Waals surface area contributed by atoms with Crippen LogP contribution < -0.4 is 5.32 Å². The maximum absolute atomic E-state index is 11.6. The summed E-state index contributed by atoms with van der Waals surface area (Å²) in [7, 11) is 0. The summed E-state index contributed by atoms with van der Waals surface area (Å²) in [5.74, 6) is 0.802. The molecule has 0 fully saturated rings. The lowest BCUT2D eigenvalue weighted by Crippen LogP contribution is -2.29. The van der Waals surface area contributed by atoms with Gasteiger partial charge in [-0.2, -0.15) is 11.8 Å². The van der Waals surface area contributed by atoms with Crippen LogP contribution in [0.5, 0.6) is 0 Å². The Morgan fingerprint density at radius 3 is 2.65 bits per heavy atom. The Morgan fingerprint density at radius 1 is 1.35 bits per heavy atom. The molecule has 0 radical (unpaired) electrons. The van der Waals surface area contributed by atoms with Gasteiger partial charge < -0.3 is 10.1 Å². The minimum atomic E-state index is -0.514. The molecule has 0 atom stereocenters. The molecule has 0 aromatic rings. The van der Waals surface area contributed by atoms with E-state index in [1.165, 1.54) is 0 Å². The second kappa shape index (κ2) is 10.7. The van der Waals surface area contributed by atoms with E-state index in [-0.39, 0.29) is 18.6 Å². The molecule has 7 heteroatoms. The number of esters is 1. The van der Waals surface area contributed by atoms with Gasteiger partial charge in [0.15, 0.2) is 6.73 Å². The third-order valence-electron chi connectivity index (χ3n) is 2.18. The number of nitrogens with one attached hydrogen (secondary N) is 1. The number of ether oxygens (including phenoxy) is 1. The Kier molecular flexibility index (Phi) is 10.1. The number of amides is 1. The van der Waals surface area contributed by atoms with Crippen molar-refractivity contribution in [2.75, 3.05) is 31.5 Å². The Morgan fingerprint density at radius 2 is 2.05 bits per heavy atom. The number of carbonyl (C=O) groups is 2. The van der Waals surface area contributed by atoms with Crippen molar-refractivity contribution in [1.82, 2.24) is 5.32 Å². The molecule has 0 aliphatic carbocycles. The first-order chi connectivity index (χ1) is 9.44. The number of thioether (sulfide) groups is 1. The molecular weight excluding hydrogens is 282 g/mol. The van der Waals surface area contributed by atoms with E-state index in [0.29, 0.717) is 24.7 Å². The van der Waals surface area contributed by atoms with Gasteiger partial charge in [0.05, 0.1) is 18.6 Å². The Bertz CT molecular complexity index is 320. The van der Waals surface area contributed by atoms with Crippen LogP contribution in [0.1, 0.15) is 20.8 Å². The minimum Gasteiger partial charge on any atom is -0.466 e. The predicted molar refractivity (Wildman–Crippen MR) is 78.0 cm³/mol. The fraction of sp³-hybridized carbons (Fsp3) is 0.692. The van der Waals surface area contributed by atoms with E-state index in [2.05, 4.69) is 11.9 Å². The largest absolute Gasteiger partial charge is 0.466 e. The summed E-state index contributed by atoms with van der Waals surface area (Å²) >= 11 is 1.57. The van der Waals surface area contributed by atoms with Crippen molar-refractivity contribution in [3.8, 4) is 0 Å². The fourth-order valence-electron chi connectivity index (χ4n) is 1.08. The first-order valence-corrected chi connectivity index (χ1v) is 7.49. The highest BCUT2D eigenvalue weighted by atomic mass is 32.2. The van der Waals surface area contributed by atoms with Gasteiger partial charge in [-0.1, -0.05) is 6.58 Å². The molecule has 6 nitrogen and oxygen atoms in total. The highest BCUT2D eigenvalue weighted by molar-refractivity contribution is 7.99. The number of hydrogen-bond donors (Lipinski definition) is 1. The predicted octanol–water partition coefficient (Wildman–Crippen LogP) is 1.52. The normalized spacial score (nSPS) is 10.9. The minimum absolute atomic E-state index is 0.0240. The van der Waals surface area contributed by atoms with Crippen molar-refractivity contribution in [3.05, 3.63) is 12.7 Å². The third kappa shape index (κ3) is 8.95. The van der Waals surface area contributed by atoms with Gasteiger partial charge in [0.2, 0.25) is 5.91 Å². The van der Waals surface area contributed by atoms with Crippen molar-refractivity contribution in [2.24, 2.45) is 5.41 Å². The monoisotopic (exact) mass is 305 g/mol. The molecule has 116 valence electrons. The van der Waals surface area contributed by atoms with Gasteiger partial charge in [0, 0.05) is 11.5 Å². The summed E-state index contributed by atoms with van der Waals surface area (Å²) in [4.78, 5) is 32.0. The van der Waals surface area contributed by atoms with Gasteiger partial charge in [-0.25, -0.2) is 9.78 Å². The van der Waals surface area contributed by atoms with Crippen molar-refractivity contribution >= 4 is 23.6 Å². The second-order valence-electron chi connectivity index (χ2n) is 4.49. The van der Waals surface area contributed by atoms with Crippen LogP contribution in [0, 0.1) is 5.41 Å². The van der Waals surface area contributed by atoms with E-state index in [1.54, 1.807) is 18.7 Å². The van der Waals surface area contributed by atoms with Gasteiger partial charge in [-0.05, 0) is 26.8 Å². The molecule has 0 unspecified atom stereocenters. The average Bonchev–Trinajstić information content (AvgIpc) is 2.41. The summed E-state index contributed by atoms with van der Waals surface area (Å²) in [5, 5.41) is 2.40. The van der Waals surface area contributed by atoms with Crippen LogP contribution in [0.3, 0.4) is 0 Å². The highest BCUT2D eigenvalue weighted by Crippen LogP contribution is 2.23. The lowest BCUT2D eigenvalue weighted by Gasteiger charge is -2.21. The molecule has 0 aliphatic heterocycles. The van der Waals surface area contributed by atoms with Crippen LogP contribution in [0.25, 0.3) is 0 Å². The lowest BCUT2D eigenvalue weighted by molar-refractivity contribution is -0.293. The van der Waals surface area contributed by atoms with E-state index in [1.807, 2.05) is 13.8 Å². The van der Waals surface area contributed by atoms with Crippen LogP contribution in [-0.4, -0.2) is 43.3 Å². The van der Waals surface area contributed by atoms with Gasteiger partial charge in [-0.3, -0.25) is 9.59 Å². The van der Waals surface area contributed by atoms with Crippen molar-refractivity contribution in [3.63, 3.8) is 0 Å². The summed E-state index contributed by atoms with van der Waals surface area (Å²) < 4.78 is 4.99. The third-order valence-corrected chi connectivity index (χ3v) is 3.56. The summed E-state index contributed by atoms with van der Waals surface area (Å²) in [6.07, 6.45) is 1.15. The molecule has 0 heterocycles. The molecule has 0 bridgehead atoms. The molecule has 0 saturated heterocycles. The number of hydrogen-bond acceptors (Lipinski definition) is 6. The van der Waals surface area contributed by atoms with Gasteiger partial charge in [0.25, 0.3) is 0 Å². The maximum atomic E-state index is 11.6. The second-order valence-corrected chi connectivity index (χ2v) is 5.59. The fourth-order valence-corrected chi connectivity index (χ4v) is 2.04. The highest BCUT2D eigenvalue weighted by Gasteiger charge is 2.28. The molecular formula is C13H23NO5S. The van der Waals surface area contributed by atoms with E-state index < -0.39 is 5.41 Å². The van der Waals surface area contributed by atoms with E-state index in [4.69, 9.17) is 14.5 Å². The molecule has 0 aromatic carbocycles. The van der Waals surface area contributed by atoms with Gasteiger partial charge >= 0.3 is 5.97 Å². The summed E-state index contributed by atoms with van der Waals surface area (Å²) in [6.45, 7) is 9.52.